The van der Waals surface area contributed by atoms with Gasteiger partial charge in [-0.3, -0.25) is 4.79 Å². The number of Topliss-reactive ketones (excluding diaryl/α,β-unsaturated/α-hetero) is 1. The van der Waals surface area contributed by atoms with Crippen molar-refractivity contribution in [2.45, 2.75) is 13.3 Å². The molecule has 16 heavy (non-hydrogen) atoms. The molecule has 0 radical (unpaired) electrons. The quantitative estimate of drug-likeness (QED) is 0.774. The topological polar surface area (TPSA) is 17.1 Å². The van der Waals surface area contributed by atoms with Gasteiger partial charge in [0, 0.05) is 21.3 Å². The van der Waals surface area contributed by atoms with E-state index < -0.39 is 0 Å². The van der Waals surface area contributed by atoms with Gasteiger partial charge in [0.15, 0.2) is 5.78 Å². The predicted molar refractivity (Wildman–Crippen MR) is 71.2 cm³/mol. The van der Waals surface area contributed by atoms with Crippen LogP contribution in [0.25, 0.3) is 0 Å². The van der Waals surface area contributed by atoms with Gasteiger partial charge >= 0.3 is 0 Å². The van der Waals surface area contributed by atoms with Gasteiger partial charge in [0.1, 0.15) is 0 Å². The van der Waals surface area contributed by atoms with E-state index in [1.54, 1.807) is 11.3 Å². The molecule has 2 aromatic rings. The summed E-state index contributed by atoms with van der Waals surface area (Å²) >= 11 is 5.02. The molecule has 0 saturated heterocycles. The summed E-state index contributed by atoms with van der Waals surface area (Å²) in [6.07, 6.45) is 0.500. The van der Waals surface area contributed by atoms with Crippen LogP contribution in [0.5, 0.6) is 0 Å². The van der Waals surface area contributed by atoms with Crippen molar-refractivity contribution in [1.29, 1.82) is 0 Å². The van der Waals surface area contributed by atoms with Crippen molar-refractivity contribution in [1.82, 2.24) is 0 Å². The SMILES string of the molecule is Cc1cc(Br)ccc1C(=O)Cc1cccs1. The van der Waals surface area contributed by atoms with Crippen LogP contribution in [0.1, 0.15) is 20.8 Å². The van der Waals surface area contributed by atoms with Crippen LogP contribution in [0.3, 0.4) is 0 Å². The molecular formula is C13H11BrOS. The van der Waals surface area contributed by atoms with Crippen molar-refractivity contribution in [3.05, 3.63) is 56.2 Å². The molecule has 3 heteroatoms. The maximum Gasteiger partial charge on any atom is 0.168 e. The van der Waals surface area contributed by atoms with Gasteiger partial charge in [0.25, 0.3) is 0 Å². The highest BCUT2D eigenvalue weighted by molar-refractivity contribution is 9.10. The molecule has 0 aliphatic heterocycles. The number of carbonyl (C=O) groups excluding carboxylic acids is 1. The second kappa shape index (κ2) is 4.93. The zero-order valence-electron chi connectivity index (χ0n) is 8.87. The Morgan fingerprint density at radius 2 is 2.19 bits per heavy atom. The Labute approximate surface area is 107 Å². The molecule has 0 saturated carbocycles. The average molecular weight is 295 g/mol. The molecular weight excluding hydrogens is 284 g/mol. The minimum Gasteiger partial charge on any atom is -0.294 e. The van der Waals surface area contributed by atoms with E-state index in [1.165, 1.54) is 0 Å². The Bertz CT molecular complexity index is 503. The lowest BCUT2D eigenvalue weighted by atomic mass is 10.0. The molecule has 0 unspecified atom stereocenters. The van der Waals surface area contributed by atoms with E-state index in [0.29, 0.717) is 6.42 Å². The van der Waals surface area contributed by atoms with Crippen LogP contribution in [0, 0.1) is 6.92 Å². The van der Waals surface area contributed by atoms with Crippen LogP contribution in [0.4, 0.5) is 0 Å². The first kappa shape index (κ1) is 11.6. The van der Waals surface area contributed by atoms with Gasteiger partial charge in [-0.1, -0.05) is 28.1 Å². The first-order valence-electron chi connectivity index (χ1n) is 4.98. The number of carbonyl (C=O) groups is 1. The van der Waals surface area contributed by atoms with E-state index in [9.17, 15) is 4.79 Å². The van der Waals surface area contributed by atoms with Crippen molar-refractivity contribution in [2.75, 3.05) is 0 Å². The molecule has 0 amide bonds. The average Bonchev–Trinajstić information content (AvgIpc) is 2.70. The first-order chi connectivity index (χ1) is 7.66. The number of thiophene rings is 1. The summed E-state index contributed by atoms with van der Waals surface area (Å²) in [5.74, 6) is 0.187. The molecule has 0 bridgehead atoms. The summed E-state index contributed by atoms with van der Waals surface area (Å²) in [6.45, 7) is 1.96. The summed E-state index contributed by atoms with van der Waals surface area (Å²) in [5, 5.41) is 2.00. The number of ketones is 1. The summed E-state index contributed by atoms with van der Waals surface area (Å²) in [5.41, 5.74) is 1.84. The maximum absolute atomic E-state index is 12.0. The van der Waals surface area contributed by atoms with Crippen molar-refractivity contribution < 1.29 is 4.79 Å². The highest BCUT2D eigenvalue weighted by Gasteiger charge is 2.10. The molecule has 1 nitrogen and oxygen atoms in total. The van der Waals surface area contributed by atoms with Crippen molar-refractivity contribution in [2.24, 2.45) is 0 Å². The number of rotatable bonds is 3. The van der Waals surface area contributed by atoms with E-state index in [-0.39, 0.29) is 5.78 Å². The molecule has 0 spiro atoms. The smallest absolute Gasteiger partial charge is 0.168 e. The zero-order valence-corrected chi connectivity index (χ0v) is 11.3. The summed E-state index contributed by atoms with van der Waals surface area (Å²) in [7, 11) is 0. The lowest BCUT2D eigenvalue weighted by Crippen LogP contribution is -2.04. The van der Waals surface area contributed by atoms with E-state index in [2.05, 4.69) is 15.9 Å². The molecule has 0 aliphatic rings. The Hall–Kier alpha value is -0.930. The van der Waals surface area contributed by atoms with Gasteiger partial charge < -0.3 is 0 Å². The van der Waals surface area contributed by atoms with Gasteiger partial charge in [-0.25, -0.2) is 0 Å². The van der Waals surface area contributed by atoms with Crippen LogP contribution in [-0.2, 0) is 6.42 Å². The highest BCUT2D eigenvalue weighted by atomic mass is 79.9. The van der Waals surface area contributed by atoms with Gasteiger partial charge in [0.2, 0.25) is 0 Å². The third-order valence-electron chi connectivity index (χ3n) is 2.40. The molecule has 0 N–H and O–H groups in total. The van der Waals surface area contributed by atoms with Crippen molar-refractivity contribution in [3.8, 4) is 0 Å². The summed E-state index contributed by atoms with van der Waals surface area (Å²) in [6, 6.07) is 9.74. The first-order valence-corrected chi connectivity index (χ1v) is 6.66. The second-order valence-corrected chi connectivity index (χ2v) is 5.59. The standard InChI is InChI=1S/C13H11BrOS/c1-9-7-10(14)4-5-12(9)13(15)8-11-3-2-6-16-11/h2-7H,8H2,1H3. The number of benzene rings is 1. The van der Waals surface area contributed by atoms with Crippen LogP contribution < -0.4 is 0 Å². The monoisotopic (exact) mass is 294 g/mol. The number of hydrogen-bond acceptors (Lipinski definition) is 2. The maximum atomic E-state index is 12.0. The van der Waals surface area contributed by atoms with Gasteiger partial charge in [-0.15, -0.1) is 11.3 Å². The molecule has 0 atom stereocenters. The lowest BCUT2D eigenvalue weighted by Gasteiger charge is -2.04. The molecule has 1 heterocycles. The molecule has 0 fully saturated rings. The fourth-order valence-electron chi connectivity index (χ4n) is 1.61. The van der Waals surface area contributed by atoms with Crippen LogP contribution in [0.2, 0.25) is 0 Å². The molecule has 1 aromatic carbocycles. The Balaban J connectivity index is 2.21. The number of aryl methyl sites for hydroxylation is 1. The van der Waals surface area contributed by atoms with E-state index in [0.717, 1.165) is 20.5 Å². The second-order valence-electron chi connectivity index (χ2n) is 3.64. The third kappa shape index (κ3) is 2.60. The van der Waals surface area contributed by atoms with Crippen LogP contribution >= 0.6 is 27.3 Å². The number of hydrogen-bond donors (Lipinski definition) is 0. The lowest BCUT2D eigenvalue weighted by molar-refractivity contribution is 0.0993. The number of halogens is 1. The van der Waals surface area contributed by atoms with Gasteiger partial charge in [-0.2, -0.15) is 0 Å². The zero-order chi connectivity index (χ0) is 11.5. The normalized spacial score (nSPS) is 10.4. The Morgan fingerprint density at radius 3 is 2.81 bits per heavy atom. The van der Waals surface area contributed by atoms with E-state index in [1.807, 2.05) is 42.6 Å². The molecule has 82 valence electrons. The van der Waals surface area contributed by atoms with Crippen LogP contribution in [-0.4, -0.2) is 5.78 Å². The molecule has 0 aliphatic carbocycles. The minimum atomic E-state index is 0.187. The Kier molecular flexibility index (Phi) is 3.56. The molecule has 2 rings (SSSR count). The molecule has 1 aromatic heterocycles. The van der Waals surface area contributed by atoms with Crippen LogP contribution in [0.15, 0.2) is 40.2 Å². The van der Waals surface area contributed by atoms with E-state index >= 15 is 0 Å². The highest BCUT2D eigenvalue weighted by Crippen LogP contribution is 2.19. The van der Waals surface area contributed by atoms with Crippen molar-refractivity contribution in [3.63, 3.8) is 0 Å². The Morgan fingerprint density at radius 1 is 1.38 bits per heavy atom. The fourth-order valence-corrected chi connectivity index (χ4v) is 2.79. The van der Waals surface area contributed by atoms with Crippen molar-refractivity contribution >= 4 is 33.0 Å². The summed E-state index contributed by atoms with van der Waals surface area (Å²) < 4.78 is 1.01. The summed E-state index contributed by atoms with van der Waals surface area (Å²) in [4.78, 5) is 13.2. The van der Waals surface area contributed by atoms with Gasteiger partial charge in [0.05, 0.1) is 0 Å². The fraction of sp³-hybridized carbons (Fsp3) is 0.154. The predicted octanol–water partition coefficient (Wildman–Crippen LogP) is 4.24. The minimum absolute atomic E-state index is 0.187. The largest absolute Gasteiger partial charge is 0.294 e. The van der Waals surface area contributed by atoms with Gasteiger partial charge in [-0.05, 0) is 36.1 Å². The van der Waals surface area contributed by atoms with E-state index in [4.69, 9.17) is 0 Å². The third-order valence-corrected chi connectivity index (χ3v) is 3.77.